The first kappa shape index (κ1) is 16.3. The van der Waals surface area contributed by atoms with Crippen molar-refractivity contribution in [1.82, 2.24) is 0 Å². The predicted molar refractivity (Wildman–Crippen MR) is 89.2 cm³/mol. The molecule has 6 heteroatoms. The van der Waals surface area contributed by atoms with Crippen molar-refractivity contribution in [3.8, 4) is 5.75 Å². The number of hydrogen-bond donors (Lipinski definition) is 1. The van der Waals surface area contributed by atoms with E-state index in [9.17, 15) is 13.2 Å². The Kier molecular flexibility index (Phi) is 4.62. The summed E-state index contributed by atoms with van der Waals surface area (Å²) in [5.41, 5.74) is 0.703. The highest BCUT2D eigenvalue weighted by molar-refractivity contribution is 7.90. The molecule has 3 atom stereocenters. The Balaban J connectivity index is 1.56. The van der Waals surface area contributed by atoms with Crippen LogP contribution in [0.4, 0.5) is 5.69 Å². The quantitative estimate of drug-likeness (QED) is 0.865. The molecule has 2 aliphatic rings. The fraction of sp³-hybridized carbons (Fsp3) is 0.588. The highest BCUT2D eigenvalue weighted by Crippen LogP contribution is 2.48. The molecule has 126 valence electrons. The lowest BCUT2D eigenvalue weighted by molar-refractivity contribution is -0.121. The smallest absolute Gasteiger partial charge is 0.227 e. The second-order valence-electron chi connectivity index (χ2n) is 6.78. The molecule has 0 saturated heterocycles. The van der Waals surface area contributed by atoms with Gasteiger partial charge < -0.3 is 10.1 Å². The summed E-state index contributed by atoms with van der Waals surface area (Å²) in [7, 11) is -3.03. The molecule has 1 amide bonds. The molecule has 1 aromatic carbocycles. The van der Waals surface area contributed by atoms with Gasteiger partial charge in [0.25, 0.3) is 0 Å². The zero-order valence-corrected chi connectivity index (χ0v) is 14.1. The van der Waals surface area contributed by atoms with Gasteiger partial charge in [0.2, 0.25) is 5.91 Å². The Morgan fingerprint density at radius 1 is 1.30 bits per heavy atom. The molecule has 2 aliphatic carbocycles. The number of amides is 1. The number of anilines is 1. The number of nitrogens with one attached hydrogen (secondary N) is 1. The molecule has 1 N–H and O–H groups in total. The molecule has 2 bridgehead atoms. The van der Waals surface area contributed by atoms with Crippen molar-refractivity contribution in [2.45, 2.75) is 25.7 Å². The van der Waals surface area contributed by atoms with Crippen molar-refractivity contribution in [3.05, 3.63) is 24.3 Å². The van der Waals surface area contributed by atoms with E-state index in [2.05, 4.69) is 5.32 Å². The molecule has 0 aliphatic heterocycles. The van der Waals surface area contributed by atoms with Crippen LogP contribution in [0.1, 0.15) is 25.7 Å². The van der Waals surface area contributed by atoms with E-state index in [1.807, 2.05) is 6.07 Å². The van der Waals surface area contributed by atoms with E-state index in [4.69, 9.17) is 4.74 Å². The summed E-state index contributed by atoms with van der Waals surface area (Å²) in [4.78, 5) is 12.4. The summed E-state index contributed by atoms with van der Waals surface area (Å²) in [6.45, 7) is 0.114. The average Bonchev–Trinajstić information content (AvgIpc) is 3.09. The van der Waals surface area contributed by atoms with Gasteiger partial charge in [-0.3, -0.25) is 4.79 Å². The number of carbonyl (C=O) groups excluding carboxylic acids is 1. The molecular formula is C17H23NO4S. The van der Waals surface area contributed by atoms with Crippen LogP contribution in [0.25, 0.3) is 0 Å². The zero-order chi connectivity index (χ0) is 16.4. The highest BCUT2D eigenvalue weighted by atomic mass is 32.2. The summed E-state index contributed by atoms with van der Waals surface area (Å²) >= 11 is 0. The third kappa shape index (κ3) is 4.25. The van der Waals surface area contributed by atoms with Crippen LogP contribution < -0.4 is 10.1 Å². The maximum Gasteiger partial charge on any atom is 0.227 e. The van der Waals surface area contributed by atoms with Crippen LogP contribution in [0, 0.1) is 17.8 Å². The van der Waals surface area contributed by atoms with Gasteiger partial charge in [0.15, 0.2) is 9.84 Å². The molecular weight excluding hydrogens is 314 g/mol. The number of rotatable bonds is 6. The molecule has 0 heterocycles. The van der Waals surface area contributed by atoms with Crippen LogP contribution in [0.5, 0.6) is 5.75 Å². The van der Waals surface area contributed by atoms with Gasteiger partial charge in [0, 0.05) is 23.9 Å². The second kappa shape index (κ2) is 6.51. The molecule has 0 radical (unpaired) electrons. The molecule has 0 aromatic heterocycles. The lowest BCUT2D eigenvalue weighted by Crippen LogP contribution is -2.27. The van der Waals surface area contributed by atoms with E-state index in [1.165, 1.54) is 25.5 Å². The van der Waals surface area contributed by atoms with Crippen molar-refractivity contribution in [2.24, 2.45) is 17.8 Å². The van der Waals surface area contributed by atoms with Crippen LogP contribution in [0.15, 0.2) is 24.3 Å². The van der Waals surface area contributed by atoms with Gasteiger partial charge >= 0.3 is 0 Å². The van der Waals surface area contributed by atoms with E-state index in [0.29, 0.717) is 17.4 Å². The first-order chi connectivity index (χ1) is 10.9. The number of sulfone groups is 1. The van der Waals surface area contributed by atoms with Crippen molar-refractivity contribution in [3.63, 3.8) is 0 Å². The summed E-state index contributed by atoms with van der Waals surface area (Å²) in [6.07, 6.45) is 5.85. The van der Waals surface area contributed by atoms with E-state index < -0.39 is 9.84 Å². The minimum absolute atomic E-state index is 0.0191. The number of carbonyl (C=O) groups is 1. The van der Waals surface area contributed by atoms with E-state index in [0.717, 1.165) is 12.3 Å². The van der Waals surface area contributed by atoms with Crippen molar-refractivity contribution in [1.29, 1.82) is 0 Å². The molecule has 3 rings (SSSR count). The standard InChI is InChI=1S/C17H23NO4S/c1-23(20,21)8-7-22-15-4-2-3-14(11-15)18-17(19)16-10-12-5-6-13(16)9-12/h2-4,11-13,16H,5-10H2,1H3,(H,18,19)/t12-,13-,16+/m0/s1. The monoisotopic (exact) mass is 337 g/mol. The maximum absolute atomic E-state index is 12.4. The van der Waals surface area contributed by atoms with Gasteiger partial charge in [-0.05, 0) is 43.2 Å². The van der Waals surface area contributed by atoms with Crippen LogP contribution >= 0.6 is 0 Å². The first-order valence-corrected chi connectivity index (χ1v) is 10.2. The normalized spacial score (nSPS) is 26.2. The van der Waals surface area contributed by atoms with Crippen molar-refractivity contribution < 1.29 is 17.9 Å². The van der Waals surface area contributed by atoms with E-state index in [-0.39, 0.29) is 24.2 Å². The second-order valence-corrected chi connectivity index (χ2v) is 9.04. The van der Waals surface area contributed by atoms with Crippen molar-refractivity contribution >= 4 is 21.4 Å². The van der Waals surface area contributed by atoms with Crippen LogP contribution in [-0.2, 0) is 14.6 Å². The molecule has 0 unspecified atom stereocenters. The molecule has 1 aromatic rings. The van der Waals surface area contributed by atoms with Gasteiger partial charge in [-0.1, -0.05) is 12.5 Å². The van der Waals surface area contributed by atoms with Crippen LogP contribution in [-0.4, -0.2) is 32.9 Å². The number of benzene rings is 1. The van der Waals surface area contributed by atoms with Crippen LogP contribution in [0.2, 0.25) is 0 Å². The Morgan fingerprint density at radius 3 is 2.78 bits per heavy atom. The molecule has 2 saturated carbocycles. The number of hydrogen-bond acceptors (Lipinski definition) is 4. The largest absolute Gasteiger partial charge is 0.492 e. The molecule has 23 heavy (non-hydrogen) atoms. The Bertz CT molecular complexity index is 686. The Morgan fingerprint density at radius 2 is 2.13 bits per heavy atom. The van der Waals surface area contributed by atoms with Gasteiger partial charge in [-0.15, -0.1) is 0 Å². The third-order valence-electron chi connectivity index (χ3n) is 4.90. The Labute approximate surface area is 137 Å². The summed E-state index contributed by atoms with van der Waals surface area (Å²) in [5.74, 6) is 2.08. The van der Waals surface area contributed by atoms with E-state index in [1.54, 1.807) is 18.2 Å². The molecule has 5 nitrogen and oxygen atoms in total. The average molecular weight is 337 g/mol. The fourth-order valence-electron chi connectivity index (χ4n) is 3.78. The summed E-state index contributed by atoms with van der Waals surface area (Å²) in [5, 5.41) is 2.98. The Hall–Kier alpha value is -1.56. The third-order valence-corrected chi connectivity index (χ3v) is 5.81. The highest BCUT2D eigenvalue weighted by Gasteiger charge is 2.42. The minimum Gasteiger partial charge on any atom is -0.492 e. The minimum atomic E-state index is -3.03. The summed E-state index contributed by atoms with van der Waals surface area (Å²) in [6, 6.07) is 7.13. The van der Waals surface area contributed by atoms with Gasteiger partial charge in [-0.2, -0.15) is 0 Å². The lowest BCUT2D eigenvalue weighted by Gasteiger charge is -2.21. The zero-order valence-electron chi connectivity index (χ0n) is 13.3. The number of ether oxygens (including phenoxy) is 1. The fourth-order valence-corrected chi connectivity index (χ4v) is 4.16. The van der Waals surface area contributed by atoms with Crippen molar-refractivity contribution in [2.75, 3.05) is 23.9 Å². The first-order valence-electron chi connectivity index (χ1n) is 8.12. The molecule has 2 fully saturated rings. The molecule has 0 spiro atoms. The number of fused-ring (bicyclic) bond motifs is 2. The SMILES string of the molecule is CS(=O)(=O)CCOc1cccc(NC(=O)[C@@H]2C[C@H]3CC[C@H]2C3)c1. The van der Waals surface area contributed by atoms with E-state index >= 15 is 0 Å². The van der Waals surface area contributed by atoms with Crippen LogP contribution in [0.3, 0.4) is 0 Å². The topological polar surface area (TPSA) is 72.5 Å². The maximum atomic E-state index is 12.4. The lowest BCUT2D eigenvalue weighted by atomic mass is 9.88. The van der Waals surface area contributed by atoms with Gasteiger partial charge in [-0.25, -0.2) is 8.42 Å². The van der Waals surface area contributed by atoms with Gasteiger partial charge in [0.1, 0.15) is 12.4 Å². The predicted octanol–water partition coefficient (Wildman–Crippen LogP) is 2.48. The van der Waals surface area contributed by atoms with Gasteiger partial charge in [0.05, 0.1) is 5.75 Å². The summed E-state index contributed by atoms with van der Waals surface area (Å²) < 4.78 is 27.7.